The third kappa shape index (κ3) is 4.06. The van der Waals surface area contributed by atoms with Crippen LogP contribution in [-0.4, -0.2) is 49.1 Å². The normalized spacial score (nSPS) is 17.7. The zero-order valence-corrected chi connectivity index (χ0v) is 14.9. The van der Waals surface area contributed by atoms with Crippen LogP contribution in [0.5, 0.6) is 11.5 Å². The highest BCUT2D eigenvalue weighted by Crippen LogP contribution is 2.30. The van der Waals surface area contributed by atoms with Gasteiger partial charge >= 0.3 is 0 Å². The summed E-state index contributed by atoms with van der Waals surface area (Å²) < 4.78 is 11.1. The molecule has 1 atom stereocenters. The maximum atomic E-state index is 12.6. The van der Waals surface area contributed by atoms with Crippen molar-refractivity contribution in [1.29, 1.82) is 0 Å². The van der Waals surface area contributed by atoms with Crippen molar-refractivity contribution in [2.24, 2.45) is 5.92 Å². The fourth-order valence-corrected chi connectivity index (χ4v) is 3.45. The summed E-state index contributed by atoms with van der Waals surface area (Å²) in [4.78, 5) is 26.3. The minimum absolute atomic E-state index is 0.0669. The van der Waals surface area contributed by atoms with E-state index in [1.165, 1.54) is 0 Å². The van der Waals surface area contributed by atoms with Gasteiger partial charge in [0.25, 0.3) is 0 Å². The molecule has 0 bridgehead atoms. The molecule has 0 aliphatic carbocycles. The molecule has 25 heavy (non-hydrogen) atoms. The Morgan fingerprint density at radius 1 is 1.24 bits per heavy atom. The molecule has 2 amide bonds. The molecule has 0 saturated carbocycles. The van der Waals surface area contributed by atoms with Crippen molar-refractivity contribution in [2.75, 3.05) is 26.3 Å². The van der Waals surface area contributed by atoms with Crippen molar-refractivity contribution in [1.82, 2.24) is 10.2 Å². The Morgan fingerprint density at radius 2 is 2.00 bits per heavy atom. The Kier molecular flexibility index (Phi) is 5.46. The Morgan fingerprint density at radius 3 is 2.68 bits per heavy atom. The van der Waals surface area contributed by atoms with Crippen LogP contribution in [0.25, 0.3) is 0 Å². The van der Waals surface area contributed by atoms with Gasteiger partial charge in [0.2, 0.25) is 11.8 Å². The summed E-state index contributed by atoms with van der Waals surface area (Å²) in [5.41, 5.74) is 1.09. The lowest BCUT2D eigenvalue weighted by Gasteiger charge is -2.29. The molecule has 1 aromatic carbocycles. The van der Waals surface area contributed by atoms with Crippen LogP contribution in [-0.2, 0) is 16.0 Å². The molecule has 6 nitrogen and oxygen atoms in total. The molecule has 1 aromatic rings. The number of carbonyl (C=O) groups excluding carboxylic acids is 2. The highest BCUT2D eigenvalue weighted by molar-refractivity contribution is 5.88. The molecule has 3 rings (SSSR count). The molecule has 6 heteroatoms. The molecular formula is C19H26N2O4. The highest BCUT2D eigenvalue weighted by Gasteiger charge is 2.34. The smallest absolute Gasteiger partial charge is 0.243 e. The van der Waals surface area contributed by atoms with Crippen LogP contribution >= 0.6 is 0 Å². The van der Waals surface area contributed by atoms with E-state index in [2.05, 4.69) is 5.32 Å². The molecule has 1 saturated heterocycles. The number of nitrogens with zero attached hydrogens (tertiary/aromatic N) is 1. The Labute approximate surface area is 148 Å². The van der Waals surface area contributed by atoms with Gasteiger partial charge in [-0.3, -0.25) is 9.59 Å². The second kappa shape index (κ2) is 7.76. The first-order chi connectivity index (χ1) is 12.1. The van der Waals surface area contributed by atoms with Gasteiger partial charge in [-0.2, -0.15) is 0 Å². The number of hydrogen-bond acceptors (Lipinski definition) is 4. The van der Waals surface area contributed by atoms with Crippen LogP contribution in [0.4, 0.5) is 0 Å². The Hall–Kier alpha value is -2.24. The van der Waals surface area contributed by atoms with E-state index in [1.807, 2.05) is 32.0 Å². The number of carbonyl (C=O) groups is 2. The molecule has 0 spiro atoms. The average Bonchev–Trinajstić information content (AvgIpc) is 3.00. The maximum absolute atomic E-state index is 12.6. The van der Waals surface area contributed by atoms with E-state index < -0.39 is 0 Å². The topological polar surface area (TPSA) is 67.9 Å². The van der Waals surface area contributed by atoms with Crippen LogP contribution in [0, 0.1) is 5.92 Å². The summed E-state index contributed by atoms with van der Waals surface area (Å²) >= 11 is 0. The lowest BCUT2D eigenvalue weighted by Crippen LogP contribution is -2.50. The summed E-state index contributed by atoms with van der Waals surface area (Å²) in [7, 11) is 0. The quantitative estimate of drug-likeness (QED) is 0.852. The second-order valence-corrected chi connectivity index (χ2v) is 6.90. The summed E-state index contributed by atoms with van der Waals surface area (Å²) in [5.74, 6) is 1.64. The zero-order valence-electron chi connectivity index (χ0n) is 14.9. The van der Waals surface area contributed by atoms with Crippen LogP contribution in [0.1, 0.15) is 32.3 Å². The zero-order chi connectivity index (χ0) is 17.8. The number of rotatable bonds is 6. The van der Waals surface area contributed by atoms with Crippen LogP contribution in [0.3, 0.4) is 0 Å². The van der Waals surface area contributed by atoms with E-state index >= 15 is 0 Å². The maximum Gasteiger partial charge on any atom is 0.243 e. The van der Waals surface area contributed by atoms with E-state index in [9.17, 15) is 9.59 Å². The van der Waals surface area contributed by atoms with E-state index in [-0.39, 0.29) is 23.8 Å². The van der Waals surface area contributed by atoms with Crippen LogP contribution < -0.4 is 14.8 Å². The molecule has 2 aliphatic rings. The van der Waals surface area contributed by atoms with E-state index in [0.29, 0.717) is 39.1 Å². The van der Waals surface area contributed by atoms with E-state index in [0.717, 1.165) is 23.5 Å². The largest absolute Gasteiger partial charge is 0.486 e. The lowest BCUT2D eigenvalue weighted by atomic mass is 10.0. The molecule has 0 aromatic heterocycles. The van der Waals surface area contributed by atoms with Gasteiger partial charge in [-0.1, -0.05) is 19.9 Å². The molecule has 0 unspecified atom stereocenters. The summed E-state index contributed by atoms with van der Waals surface area (Å²) in [5, 5.41) is 2.99. The predicted octanol–water partition coefficient (Wildman–Crippen LogP) is 1.76. The fraction of sp³-hybridized carbons (Fsp3) is 0.579. The van der Waals surface area contributed by atoms with E-state index in [1.54, 1.807) is 4.90 Å². The number of hydrogen-bond donors (Lipinski definition) is 1. The molecular weight excluding hydrogens is 320 g/mol. The highest BCUT2D eigenvalue weighted by atomic mass is 16.6. The number of likely N-dealkylation sites (tertiary alicyclic amines) is 1. The van der Waals surface area contributed by atoms with Crippen LogP contribution in [0.15, 0.2) is 18.2 Å². The van der Waals surface area contributed by atoms with Crippen molar-refractivity contribution >= 4 is 11.8 Å². The predicted molar refractivity (Wildman–Crippen MR) is 93.7 cm³/mol. The van der Waals surface area contributed by atoms with Gasteiger partial charge in [-0.25, -0.2) is 0 Å². The van der Waals surface area contributed by atoms with Crippen molar-refractivity contribution < 1.29 is 19.1 Å². The summed E-state index contributed by atoms with van der Waals surface area (Å²) in [6, 6.07) is 5.48. The minimum Gasteiger partial charge on any atom is -0.486 e. The number of amides is 2. The van der Waals surface area contributed by atoms with Gasteiger partial charge in [0.15, 0.2) is 11.5 Å². The summed E-state index contributed by atoms with van der Waals surface area (Å²) in [6.07, 6.45) is 2.10. The van der Waals surface area contributed by atoms with Gasteiger partial charge < -0.3 is 19.7 Å². The number of benzene rings is 1. The first-order valence-electron chi connectivity index (χ1n) is 9.02. The van der Waals surface area contributed by atoms with Gasteiger partial charge in [0.1, 0.15) is 19.3 Å². The van der Waals surface area contributed by atoms with Gasteiger partial charge in [0, 0.05) is 19.5 Å². The van der Waals surface area contributed by atoms with Crippen molar-refractivity contribution in [3.05, 3.63) is 23.8 Å². The van der Waals surface area contributed by atoms with E-state index in [4.69, 9.17) is 9.47 Å². The van der Waals surface area contributed by atoms with Crippen molar-refractivity contribution in [3.8, 4) is 11.5 Å². The average molecular weight is 346 g/mol. The van der Waals surface area contributed by atoms with Crippen molar-refractivity contribution in [3.63, 3.8) is 0 Å². The third-order valence-electron chi connectivity index (χ3n) is 4.67. The number of ether oxygens (including phenoxy) is 2. The molecule has 0 radical (unpaired) electrons. The van der Waals surface area contributed by atoms with Gasteiger partial charge in [0.05, 0.1) is 0 Å². The van der Waals surface area contributed by atoms with Crippen molar-refractivity contribution in [2.45, 2.75) is 39.2 Å². The fourth-order valence-electron chi connectivity index (χ4n) is 3.45. The molecule has 2 aliphatic heterocycles. The first-order valence-corrected chi connectivity index (χ1v) is 9.02. The first kappa shape index (κ1) is 17.6. The van der Waals surface area contributed by atoms with Crippen LogP contribution in [0.2, 0.25) is 0 Å². The monoisotopic (exact) mass is 346 g/mol. The lowest BCUT2D eigenvalue weighted by molar-refractivity contribution is -0.139. The molecule has 1 fully saturated rings. The molecule has 136 valence electrons. The SMILES string of the molecule is CC(C)[C@@H](C(=O)NCCc1ccc2c(c1)OCCO2)N1CCCC1=O. The third-order valence-corrected chi connectivity index (χ3v) is 4.67. The summed E-state index contributed by atoms with van der Waals surface area (Å²) in [6.45, 7) is 6.32. The standard InChI is InChI=1S/C19H26N2O4/c1-13(2)18(21-9-3-4-17(21)22)19(23)20-8-7-14-5-6-15-16(12-14)25-11-10-24-15/h5-6,12-13,18H,3-4,7-11H2,1-2H3,(H,20,23)/t18-/m0/s1. The minimum atomic E-state index is -0.379. The Balaban J connectivity index is 1.55. The number of fused-ring (bicyclic) bond motifs is 1. The molecule has 2 heterocycles. The molecule has 1 N–H and O–H groups in total. The number of nitrogens with one attached hydrogen (secondary N) is 1. The van der Waals surface area contributed by atoms with Gasteiger partial charge in [-0.05, 0) is 36.5 Å². The second-order valence-electron chi connectivity index (χ2n) is 6.90. The Bertz CT molecular complexity index is 644. The van der Waals surface area contributed by atoms with Gasteiger partial charge in [-0.15, -0.1) is 0 Å².